The smallest absolute Gasteiger partial charge is 0.258 e. The van der Waals surface area contributed by atoms with Crippen LogP contribution in [-0.4, -0.2) is 4.92 Å². The van der Waals surface area contributed by atoms with Crippen LogP contribution >= 0.6 is 0 Å². The number of hydrogen-bond donors (Lipinski definition) is 0. The van der Waals surface area contributed by atoms with E-state index in [2.05, 4.69) is 0 Å². The van der Waals surface area contributed by atoms with Gasteiger partial charge in [-0.25, -0.2) is 0 Å². The summed E-state index contributed by atoms with van der Waals surface area (Å²) in [5, 5.41) is 18.9. The van der Waals surface area contributed by atoms with Crippen LogP contribution in [0.5, 0.6) is 0 Å². The van der Waals surface area contributed by atoms with E-state index in [9.17, 15) is 10.1 Å². The molecule has 4 heteroatoms. The Morgan fingerprint density at radius 2 is 2.25 bits per heavy atom. The molecule has 0 aliphatic rings. The second-order valence-corrected chi connectivity index (χ2v) is 2.39. The van der Waals surface area contributed by atoms with Crippen LogP contribution in [0.15, 0.2) is 18.2 Å². The standard InChI is InChI=1S/C8H6N2O2/c1-6-2-3-8(10(11)12)7(4-6)5-9/h2-4H,1H3. The molecule has 1 rings (SSSR count). The maximum atomic E-state index is 10.3. The predicted octanol–water partition coefficient (Wildman–Crippen LogP) is 1.77. The zero-order valence-corrected chi connectivity index (χ0v) is 6.44. The molecule has 4 nitrogen and oxygen atoms in total. The molecule has 0 unspecified atom stereocenters. The Labute approximate surface area is 69.2 Å². The Hall–Kier alpha value is -1.89. The highest BCUT2D eigenvalue weighted by molar-refractivity contribution is 5.49. The topological polar surface area (TPSA) is 66.9 Å². The van der Waals surface area contributed by atoms with Crippen LogP contribution in [0.2, 0.25) is 0 Å². The summed E-state index contributed by atoms with van der Waals surface area (Å²) in [6.45, 7) is 1.78. The largest absolute Gasteiger partial charge is 0.287 e. The number of hydrogen-bond acceptors (Lipinski definition) is 3. The van der Waals surface area contributed by atoms with E-state index in [-0.39, 0.29) is 11.3 Å². The van der Waals surface area contributed by atoms with Crippen molar-refractivity contribution >= 4 is 5.69 Å². The highest BCUT2D eigenvalue weighted by Gasteiger charge is 2.11. The summed E-state index contributed by atoms with van der Waals surface area (Å²) >= 11 is 0. The van der Waals surface area contributed by atoms with Gasteiger partial charge in [0.25, 0.3) is 5.69 Å². The Kier molecular flexibility index (Phi) is 2.06. The summed E-state index contributed by atoms with van der Waals surface area (Å²) in [6.07, 6.45) is 0. The first-order valence-corrected chi connectivity index (χ1v) is 3.30. The quantitative estimate of drug-likeness (QED) is 0.466. The number of benzene rings is 1. The number of aryl methyl sites for hydroxylation is 1. The van der Waals surface area contributed by atoms with Gasteiger partial charge in [-0.1, -0.05) is 6.07 Å². The first-order valence-electron chi connectivity index (χ1n) is 3.30. The average Bonchev–Trinajstić information content (AvgIpc) is 2.03. The van der Waals surface area contributed by atoms with E-state index in [1.165, 1.54) is 12.1 Å². The van der Waals surface area contributed by atoms with Crippen molar-refractivity contribution < 1.29 is 4.92 Å². The van der Waals surface area contributed by atoms with E-state index in [1.807, 2.05) is 0 Å². The Morgan fingerprint density at radius 1 is 1.58 bits per heavy atom. The van der Waals surface area contributed by atoms with Gasteiger partial charge >= 0.3 is 0 Å². The third kappa shape index (κ3) is 1.40. The highest BCUT2D eigenvalue weighted by Crippen LogP contribution is 2.18. The molecule has 0 radical (unpaired) electrons. The molecule has 60 valence electrons. The summed E-state index contributed by atoms with van der Waals surface area (Å²) in [7, 11) is 0. The number of nitriles is 1. The van der Waals surface area contributed by atoms with Crippen LogP contribution in [0, 0.1) is 28.4 Å². The molecule has 0 fully saturated rings. The van der Waals surface area contributed by atoms with Crippen LogP contribution in [0.1, 0.15) is 11.1 Å². The normalized spacial score (nSPS) is 9.00. The zero-order chi connectivity index (χ0) is 9.14. The average molecular weight is 162 g/mol. The molecule has 0 amide bonds. The molecule has 0 bridgehead atoms. The lowest BCUT2D eigenvalue weighted by atomic mass is 10.1. The fourth-order valence-corrected chi connectivity index (χ4v) is 0.899. The van der Waals surface area contributed by atoms with Gasteiger partial charge < -0.3 is 0 Å². The van der Waals surface area contributed by atoms with Crippen molar-refractivity contribution in [1.82, 2.24) is 0 Å². The molecule has 0 N–H and O–H groups in total. The SMILES string of the molecule is Cc1ccc([N+](=O)[O-])c(C#N)c1. The predicted molar refractivity (Wildman–Crippen MR) is 42.5 cm³/mol. The highest BCUT2D eigenvalue weighted by atomic mass is 16.6. The van der Waals surface area contributed by atoms with Gasteiger partial charge in [-0.15, -0.1) is 0 Å². The van der Waals surface area contributed by atoms with Crippen molar-refractivity contribution in [2.45, 2.75) is 6.92 Å². The number of nitro benzene ring substituents is 1. The number of nitrogens with zero attached hydrogens (tertiary/aromatic N) is 2. The molecule has 1 aromatic rings. The zero-order valence-electron chi connectivity index (χ0n) is 6.44. The molecule has 12 heavy (non-hydrogen) atoms. The first kappa shape index (κ1) is 8.21. The first-order chi connectivity index (χ1) is 5.65. The van der Waals surface area contributed by atoms with Crippen molar-refractivity contribution in [3.63, 3.8) is 0 Å². The molecular weight excluding hydrogens is 156 g/mol. The Morgan fingerprint density at radius 3 is 2.75 bits per heavy atom. The lowest BCUT2D eigenvalue weighted by Gasteiger charge is -1.94. The summed E-state index contributed by atoms with van der Waals surface area (Å²) < 4.78 is 0. The maximum Gasteiger partial charge on any atom is 0.287 e. The van der Waals surface area contributed by atoms with E-state index in [1.54, 1.807) is 19.1 Å². The third-order valence-electron chi connectivity index (χ3n) is 1.47. The molecule has 0 saturated carbocycles. The van der Waals surface area contributed by atoms with Crippen LogP contribution in [0.3, 0.4) is 0 Å². The summed E-state index contributed by atoms with van der Waals surface area (Å²) in [6, 6.07) is 6.23. The van der Waals surface area contributed by atoms with Gasteiger partial charge in [0.05, 0.1) is 4.92 Å². The van der Waals surface area contributed by atoms with E-state index in [0.29, 0.717) is 0 Å². The molecule has 0 saturated heterocycles. The van der Waals surface area contributed by atoms with Gasteiger partial charge in [0.15, 0.2) is 0 Å². The van der Waals surface area contributed by atoms with Crippen molar-refractivity contribution in [2.24, 2.45) is 0 Å². The van der Waals surface area contributed by atoms with E-state index in [4.69, 9.17) is 5.26 Å². The minimum atomic E-state index is -0.558. The number of rotatable bonds is 1. The van der Waals surface area contributed by atoms with E-state index in [0.717, 1.165) is 5.56 Å². The van der Waals surface area contributed by atoms with Crippen molar-refractivity contribution in [2.75, 3.05) is 0 Å². The second kappa shape index (κ2) is 3.01. The van der Waals surface area contributed by atoms with Crippen LogP contribution in [-0.2, 0) is 0 Å². The van der Waals surface area contributed by atoms with Gasteiger partial charge in [0.1, 0.15) is 11.6 Å². The summed E-state index contributed by atoms with van der Waals surface area (Å²) in [4.78, 5) is 9.79. The molecule has 0 aromatic heterocycles. The van der Waals surface area contributed by atoms with Crippen LogP contribution < -0.4 is 0 Å². The lowest BCUT2D eigenvalue weighted by molar-refractivity contribution is -0.385. The molecule has 0 aliphatic carbocycles. The molecular formula is C8H6N2O2. The summed E-state index contributed by atoms with van der Waals surface area (Å²) in [5.41, 5.74) is 0.820. The molecule has 0 heterocycles. The fourth-order valence-electron chi connectivity index (χ4n) is 0.899. The van der Waals surface area contributed by atoms with Gasteiger partial charge in [0, 0.05) is 6.07 Å². The molecule has 0 atom stereocenters. The molecule has 1 aromatic carbocycles. The van der Waals surface area contributed by atoms with Gasteiger partial charge in [-0.05, 0) is 18.6 Å². The van der Waals surface area contributed by atoms with Crippen molar-refractivity contribution in [3.05, 3.63) is 39.4 Å². The monoisotopic (exact) mass is 162 g/mol. The third-order valence-corrected chi connectivity index (χ3v) is 1.47. The van der Waals surface area contributed by atoms with Gasteiger partial charge in [-0.3, -0.25) is 10.1 Å². The van der Waals surface area contributed by atoms with Crippen LogP contribution in [0.4, 0.5) is 5.69 Å². The Balaban J connectivity index is 3.32. The minimum Gasteiger partial charge on any atom is -0.258 e. The van der Waals surface area contributed by atoms with Gasteiger partial charge in [0.2, 0.25) is 0 Å². The van der Waals surface area contributed by atoms with Gasteiger partial charge in [-0.2, -0.15) is 5.26 Å². The summed E-state index contributed by atoms with van der Waals surface area (Å²) in [5.74, 6) is 0. The van der Waals surface area contributed by atoms with Crippen molar-refractivity contribution in [3.8, 4) is 6.07 Å². The fraction of sp³-hybridized carbons (Fsp3) is 0.125. The lowest BCUT2D eigenvalue weighted by Crippen LogP contribution is -1.92. The minimum absolute atomic E-state index is 0.111. The Bertz CT molecular complexity index is 366. The second-order valence-electron chi connectivity index (χ2n) is 2.39. The molecule has 0 aliphatic heterocycles. The maximum absolute atomic E-state index is 10.3. The van der Waals surface area contributed by atoms with E-state index >= 15 is 0 Å². The van der Waals surface area contributed by atoms with E-state index < -0.39 is 4.92 Å². The van der Waals surface area contributed by atoms with Crippen LogP contribution in [0.25, 0.3) is 0 Å². The van der Waals surface area contributed by atoms with Crippen molar-refractivity contribution in [1.29, 1.82) is 5.26 Å². The molecule has 0 spiro atoms. The number of nitro groups is 1.